The quantitative estimate of drug-likeness (QED) is 0.541. The Balaban J connectivity index is 1.48. The molecule has 3 aromatic heterocycles. The average Bonchev–Trinajstić information content (AvgIpc) is 3.22. The van der Waals surface area contributed by atoms with E-state index in [2.05, 4.69) is 68.0 Å². The predicted octanol–water partition coefficient (Wildman–Crippen LogP) is 3.42. The van der Waals surface area contributed by atoms with E-state index < -0.39 is 0 Å². The third kappa shape index (κ3) is 3.33. The first-order chi connectivity index (χ1) is 14.6. The van der Waals surface area contributed by atoms with Crippen LogP contribution in [0.3, 0.4) is 0 Å². The van der Waals surface area contributed by atoms with E-state index in [0.29, 0.717) is 12.0 Å². The molecule has 0 bridgehead atoms. The molecule has 4 aromatic rings. The molecule has 0 spiro atoms. The Labute approximate surface area is 175 Å². The number of rotatable bonds is 4. The van der Waals surface area contributed by atoms with Crippen LogP contribution in [0.2, 0.25) is 0 Å². The van der Waals surface area contributed by atoms with Gasteiger partial charge < -0.3 is 20.1 Å². The van der Waals surface area contributed by atoms with E-state index in [1.807, 2.05) is 24.8 Å². The van der Waals surface area contributed by atoms with Crippen LogP contribution < -0.4 is 15.5 Å². The molecule has 30 heavy (non-hydrogen) atoms. The molecule has 1 fully saturated rings. The van der Waals surface area contributed by atoms with Gasteiger partial charge in [-0.15, -0.1) is 0 Å². The number of anilines is 3. The molecular weight excluding hydrogens is 376 g/mol. The average molecular weight is 403 g/mol. The zero-order valence-corrected chi connectivity index (χ0v) is 17.6. The summed E-state index contributed by atoms with van der Waals surface area (Å²) in [6, 6.07) is 6.47. The number of fused-ring (bicyclic) bond motifs is 3. The zero-order valence-electron chi connectivity index (χ0n) is 17.6. The lowest BCUT2D eigenvalue weighted by molar-refractivity contribution is 0.589. The number of hydrogen-bond donors (Lipinski definition) is 2. The van der Waals surface area contributed by atoms with E-state index in [1.165, 1.54) is 0 Å². The van der Waals surface area contributed by atoms with Crippen LogP contribution >= 0.6 is 0 Å². The fourth-order valence-electron chi connectivity index (χ4n) is 4.01. The van der Waals surface area contributed by atoms with Crippen molar-refractivity contribution in [3.8, 4) is 0 Å². The molecule has 0 unspecified atom stereocenters. The molecule has 8 heteroatoms. The van der Waals surface area contributed by atoms with Gasteiger partial charge in [-0.25, -0.2) is 19.9 Å². The molecule has 1 aliphatic rings. The second-order valence-corrected chi connectivity index (χ2v) is 8.03. The minimum absolute atomic E-state index is 0.297. The van der Waals surface area contributed by atoms with Crippen LogP contribution in [0.25, 0.3) is 21.9 Å². The highest BCUT2D eigenvalue weighted by molar-refractivity contribution is 6.03. The maximum absolute atomic E-state index is 4.83. The van der Waals surface area contributed by atoms with E-state index in [4.69, 9.17) is 4.98 Å². The van der Waals surface area contributed by atoms with Crippen molar-refractivity contribution in [1.82, 2.24) is 29.8 Å². The summed E-state index contributed by atoms with van der Waals surface area (Å²) in [5, 5.41) is 7.63. The number of aromatic nitrogens is 5. The summed E-state index contributed by atoms with van der Waals surface area (Å²) in [6.07, 6.45) is 5.67. The third-order valence-corrected chi connectivity index (χ3v) is 5.61. The number of imidazole rings is 1. The summed E-state index contributed by atoms with van der Waals surface area (Å²) >= 11 is 0. The maximum Gasteiger partial charge on any atom is 0.228 e. The molecule has 1 saturated heterocycles. The monoisotopic (exact) mass is 402 g/mol. The van der Waals surface area contributed by atoms with E-state index in [0.717, 1.165) is 65.2 Å². The van der Waals surface area contributed by atoms with Gasteiger partial charge in [0.2, 0.25) is 5.95 Å². The maximum atomic E-state index is 4.83. The van der Waals surface area contributed by atoms with Crippen LogP contribution in [0.5, 0.6) is 0 Å². The van der Waals surface area contributed by atoms with Crippen molar-refractivity contribution >= 4 is 39.4 Å². The number of pyridine rings is 1. The normalized spacial score (nSPS) is 14.7. The lowest BCUT2D eigenvalue weighted by Crippen LogP contribution is -2.43. The molecule has 5 rings (SSSR count). The minimum Gasteiger partial charge on any atom is -0.368 e. The van der Waals surface area contributed by atoms with Gasteiger partial charge in [0.05, 0.1) is 29.2 Å². The largest absolute Gasteiger partial charge is 0.368 e. The second kappa shape index (κ2) is 7.53. The van der Waals surface area contributed by atoms with Crippen molar-refractivity contribution in [2.75, 3.05) is 36.4 Å². The standard InChI is InChI=1S/C22H26N8/c1-14(2)30-13-26-19-15(3)10-16-11-25-22(28-20(16)21(19)30)27-18-5-4-17(12-24-18)29-8-6-23-7-9-29/h4-5,10-14,23H,6-9H2,1-3H3,(H,24,25,27,28). The van der Waals surface area contributed by atoms with Gasteiger partial charge >= 0.3 is 0 Å². The Kier molecular flexibility index (Phi) is 4.71. The number of benzene rings is 1. The lowest BCUT2D eigenvalue weighted by atomic mass is 10.1. The Hall–Kier alpha value is -3.26. The summed E-state index contributed by atoms with van der Waals surface area (Å²) in [5.74, 6) is 1.26. The Morgan fingerprint density at radius 1 is 1.03 bits per heavy atom. The molecule has 0 radical (unpaired) electrons. The van der Waals surface area contributed by atoms with Gasteiger partial charge in [-0.1, -0.05) is 0 Å². The first kappa shape index (κ1) is 18.7. The van der Waals surface area contributed by atoms with Crippen LogP contribution in [0.1, 0.15) is 25.5 Å². The molecule has 1 aliphatic heterocycles. The van der Waals surface area contributed by atoms with Crippen LogP contribution in [-0.4, -0.2) is 50.7 Å². The van der Waals surface area contributed by atoms with Crippen LogP contribution in [0.4, 0.5) is 17.5 Å². The van der Waals surface area contributed by atoms with Gasteiger partial charge in [-0.3, -0.25) is 0 Å². The highest BCUT2D eigenvalue weighted by Gasteiger charge is 2.15. The first-order valence-corrected chi connectivity index (χ1v) is 10.4. The van der Waals surface area contributed by atoms with Gasteiger partial charge in [0.25, 0.3) is 0 Å². The number of nitrogens with zero attached hydrogens (tertiary/aromatic N) is 6. The number of aryl methyl sites for hydroxylation is 1. The van der Waals surface area contributed by atoms with Crippen molar-refractivity contribution in [3.63, 3.8) is 0 Å². The van der Waals surface area contributed by atoms with Gasteiger partial charge in [0.1, 0.15) is 11.3 Å². The topological polar surface area (TPSA) is 83.8 Å². The smallest absolute Gasteiger partial charge is 0.228 e. The van der Waals surface area contributed by atoms with Crippen molar-refractivity contribution < 1.29 is 0 Å². The Morgan fingerprint density at radius 3 is 2.60 bits per heavy atom. The molecule has 0 aliphatic carbocycles. The molecule has 1 aromatic carbocycles. The lowest BCUT2D eigenvalue weighted by Gasteiger charge is -2.29. The third-order valence-electron chi connectivity index (χ3n) is 5.61. The van der Waals surface area contributed by atoms with Crippen LogP contribution in [0, 0.1) is 6.92 Å². The second-order valence-electron chi connectivity index (χ2n) is 8.03. The molecule has 0 saturated carbocycles. The Morgan fingerprint density at radius 2 is 1.87 bits per heavy atom. The van der Waals surface area contributed by atoms with Gasteiger partial charge in [-0.2, -0.15) is 0 Å². The van der Waals surface area contributed by atoms with Crippen molar-refractivity contribution in [1.29, 1.82) is 0 Å². The Bertz CT molecular complexity index is 1190. The number of piperazine rings is 1. The van der Waals surface area contributed by atoms with E-state index in [1.54, 1.807) is 0 Å². The minimum atomic E-state index is 0.297. The molecule has 154 valence electrons. The van der Waals surface area contributed by atoms with Crippen LogP contribution in [0.15, 0.2) is 36.9 Å². The van der Waals surface area contributed by atoms with E-state index in [-0.39, 0.29) is 0 Å². The summed E-state index contributed by atoms with van der Waals surface area (Å²) < 4.78 is 2.17. The molecule has 0 amide bonds. The fourth-order valence-corrected chi connectivity index (χ4v) is 4.01. The molecule has 8 nitrogen and oxygen atoms in total. The first-order valence-electron chi connectivity index (χ1n) is 10.4. The summed E-state index contributed by atoms with van der Waals surface area (Å²) in [5.41, 5.74) is 5.20. The fraction of sp³-hybridized carbons (Fsp3) is 0.364. The van der Waals surface area contributed by atoms with Crippen LogP contribution in [-0.2, 0) is 0 Å². The summed E-state index contributed by atoms with van der Waals surface area (Å²) in [6.45, 7) is 10.4. The predicted molar refractivity (Wildman–Crippen MR) is 121 cm³/mol. The number of hydrogen-bond acceptors (Lipinski definition) is 7. The van der Waals surface area contributed by atoms with Gasteiger partial charge in [-0.05, 0) is 44.5 Å². The van der Waals surface area contributed by atoms with E-state index >= 15 is 0 Å². The zero-order chi connectivity index (χ0) is 20.7. The molecule has 0 atom stereocenters. The number of nitrogens with one attached hydrogen (secondary N) is 2. The highest BCUT2D eigenvalue weighted by atomic mass is 15.2. The van der Waals surface area contributed by atoms with Crippen molar-refractivity contribution in [2.45, 2.75) is 26.8 Å². The summed E-state index contributed by atoms with van der Waals surface area (Å²) in [7, 11) is 0. The van der Waals surface area contributed by atoms with Gasteiger partial charge in [0, 0.05) is 43.8 Å². The highest BCUT2D eigenvalue weighted by Crippen LogP contribution is 2.29. The van der Waals surface area contributed by atoms with Gasteiger partial charge in [0.15, 0.2) is 0 Å². The molecule has 2 N–H and O–H groups in total. The summed E-state index contributed by atoms with van der Waals surface area (Å²) in [4.78, 5) is 20.9. The molecule has 4 heterocycles. The van der Waals surface area contributed by atoms with Crippen molar-refractivity contribution in [3.05, 3.63) is 42.5 Å². The van der Waals surface area contributed by atoms with E-state index in [9.17, 15) is 0 Å². The van der Waals surface area contributed by atoms with Crippen molar-refractivity contribution in [2.24, 2.45) is 0 Å². The molecular formula is C22H26N8. The SMILES string of the molecule is Cc1cc2cnc(Nc3ccc(N4CCNCC4)cn3)nc2c2c1ncn2C(C)C.